The minimum absolute atomic E-state index is 0.173. The summed E-state index contributed by atoms with van der Waals surface area (Å²) in [5.74, 6) is -1.07. The van der Waals surface area contributed by atoms with Crippen molar-refractivity contribution in [2.45, 2.75) is 6.54 Å². The summed E-state index contributed by atoms with van der Waals surface area (Å²) in [6.07, 6.45) is 4.78. The Hall–Kier alpha value is -3.28. The maximum Gasteiger partial charge on any atom is 0.261 e. The van der Waals surface area contributed by atoms with E-state index in [2.05, 4.69) is 16.9 Å². The summed E-state index contributed by atoms with van der Waals surface area (Å²) < 4.78 is 0. The van der Waals surface area contributed by atoms with Crippen molar-refractivity contribution in [3.8, 4) is 0 Å². The fraction of sp³-hybridized carbons (Fsp3) is 0.111. The van der Waals surface area contributed by atoms with Crippen LogP contribution in [0.15, 0.2) is 55.4 Å². The molecule has 0 unspecified atom stereocenters. The third-order valence-electron chi connectivity index (χ3n) is 3.73. The lowest BCUT2D eigenvalue weighted by molar-refractivity contribution is 0.0642. The Kier molecular flexibility index (Phi) is 4.20. The number of rotatable bonds is 5. The molecule has 0 aliphatic carbocycles. The van der Waals surface area contributed by atoms with Crippen LogP contribution < -0.4 is 5.32 Å². The average Bonchev–Trinajstić information content (AvgIpc) is 2.85. The molecular formula is C18H15N3O3. The minimum atomic E-state index is -0.398. The molecule has 1 N–H and O–H groups in total. The Morgan fingerprint density at radius 1 is 1.12 bits per heavy atom. The van der Waals surface area contributed by atoms with E-state index in [0.717, 1.165) is 5.56 Å². The first kappa shape index (κ1) is 15.6. The number of carbonyl (C=O) groups excluding carboxylic acids is 3. The van der Waals surface area contributed by atoms with E-state index in [-0.39, 0.29) is 23.9 Å². The first-order valence-corrected chi connectivity index (χ1v) is 7.40. The van der Waals surface area contributed by atoms with E-state index >= 15 is 0 Å². The summed E-state index contributed by atoms with van der Waals surface area (Å²) in [5.41, 5.74) is 1.71. The van der Waals surface area contributed by atoms with Crippen molar-refractivity contribution in [2.24, 2.45) is 0 Å². The quantitative estimate of drug-likeness (QED) is 0.672. The molecule has 120 valence electrons. The molecule has 0 saturated heterocycles. The highest BCUT2D eigenvalue weighted by Crippen LogP contribution is 2.25. The molecule has 1 aliphatic heterocycles. The van der Waals surface area contributed by atoms with Crippen LogP contribution in [0.3, 0.4) is 0 Å². The van der Waals surface area contributed by atoms with Crippen LogP contribution in [0.5, 0.6) is 0 Å². The maximum absolute atomic E-state index is 12.5. The molecule has 6 nitrogen and oxygen atoms in total. The van der Waals surface area contributed by atoms with Gasteiger partial charge in [0.25, 0.3) is 17.7 Å². The van der Waals surface area contributed by atoms with Crippen LogP contribution in [0.25, 0.3) is 0 Å². The monoisotopic (exact) mass is 321 g/mol. The van der Waals surface area contributed by atoms with Gasteiger partial charge in [0.1, 0.15) is 0 Å². The van der Waals surface area contributed by atoms with Gasteiger partial charge in [-0.05, 0) is 35.9 Å². The third kappa shape index (κ3) is 2.81. The zero-order valence-corrected chi connectivity index (χ0v) is 12.9. The molecule has 0 radical (unpaired) electrons. The van der Waals surface area contributed by atoms with Crippen LogP contribution in [0.2, 0.25) is 0 Å². The Morgan fingerprint density at radius 2 is 1.83 bits per heavy atom. The van der Waals surface area contributed by atoms with Gasteiger partial charge in [-0.15, -0.1) is 6.58 Å². The van der Waals surface area contributed by atoms with Gasteiger partial charge in [0.05, 0.1) is 17.7 Å². The fourth-order valence-electron chi connectivity index (χ4n) is 2.51. The number of aromatic nitrogens is 1. The summed E-state index contributed by atoms with van der Waals surface area (Å²) in [6.45, 7) is 4.04. The third-order valence-corrected chi connectivity index (χ3v) is 3.73. The topological polar surface area (TPSA) is 79.4 Å². The smallest absolute Gasteiger partial charge is 0.261 e. The van der Waals surface area contributed by atoms with Gasteiger partial charge in [0, 0.05) is 24.5 Å². The van der Waals surface area contributed by atoms with Crippen molar-refractivity contribution in [1.29, 1.82) is 0 Å². The van der Waals surface area contributed by atoms with E-state index in [0.29, 0.717) is 17.7 Å². The highest BCUT2D eigenvalue weighted by Gasteiger charge is 2.35. The van der Waals surface area contributed by atoms with Gasteiger partial charge in [-0.3, -0.25) is 24.3 Å². The number of fused-ring (bicyclic) bond motifs is 1. The highest BCUT2D eigenvalue weighted by molar-refractivity contribution is 6.22. The van der Waals surface area contributed by atoms with Crippen LogP contribution in [0, 0.1) is 0 Å². The van der Waals surface area contributed by atoms with Crippen molar-refractivity contribution < 1.29 is 14.4 Å². The summed E-state index contributed by atoms with van der Waals surface area (Å²) in [6, 6.07) is 8.01. The second kappa shape index (κ2) is 6.45. The van der Waals surface area contributed by atoms with E-state index in [1.54, 1.807) is 36.7 Å². The number of benzene rings is 1. The normalized spacial score (nSPS) is 12.9. The standard InChI is InChI=1S/C18H15N3O3/c1-2-7-20-16(22)13-3-4-14-15(10-13)18(24)21(17(14)23)11-12-5-8-19-9-6-12/h2-6,8-10H,1,7,11H2,(H,20,22). The summed E-state index contributed by atoms with van der Waals surface area (Å²) in [4.78, 5) is 42.1. The molecule has 1 aromatic heterocycles. The zero-order chi connectivity index (χ0) is 17.1. The lowest BCUT2D eigenvalue weighted by Gasteiger charge is -2.13. The van der Waals surface area contributed by atoms with E-state index in [1.165, 1.54) is 17.0 Å². The molecule has 1 aromatic carbocycles. The number of pyridine rings is 1. The van der Waals surface area contributed by atoms with Crippen LogP contribution in [0.1, 0.15) is 36.6 Å². The van der Waals surface area contributed by atoms with Crippen molar-refractivity contribution in [3.05, 3.63) is 77.6 Å². The van der Waals surface area contributed by atoms with Crippen molar-refractivity contribution in [2.75, 3.05) is 6.54 Å². The van der Waals surface area contributed by atoms with Crippen LogP contribution in [0.4, 0.5) is 0 Å². The van der Waals surface area contributed by atoms with E-state index in [9.17, 15) is 14.4 Å². The van der Waals surface area contributed by atoms with Gasteiger partial charge in [-0.1, -0.05) is 6.08 Å². The molecular weight excluding hydrogens is 306 g/mol. The predicted molar refractivity (Wildman–Crippen MR) is 87.4 cm³/mol. The van der Waals surface area contributed by atoms with Crippen molar-refractivity contribution >= 4 is 17.7 Å². The first-order valence-electron chi connectivity index (χ1n) is 7.40. The number of imide groups is 1. The van der Waals surface area contributed by atoms with E-state index in [1.807, 2.05) is 0 Å². The Balaban J connectivity index is 1.86. The Bertz CT molecular complexity index is 831. The summed E-state index contributed by atoms with van der Waals surface area (Å²) in [5, 5.41) is 2.64. The first-order chi connectivity index (χ1) is 11.6. The number of nitrogens with one attached hydrogen (secondary N) is 1. The lowest BCUT2D eigenvalue weighted by atomic mass is 10.1. The summed E-state index contributed by atoms with van der Waals surface area (Å²) >= 11 is 0. The van der Waals surface area contributed by atoms with E-state index in [4.69, 9.17) is 0 Å². The number of amides is 3. The molecule has 24 heavy (non-hydrogen) atoms. The average molecular weight is 321 g/mol. The van der Waals surface area contributed by atoms with E-state index < -0.39 is 5.91 Å². The number of hydrogen-bond donors (Lipinski definition) is 1. The number of carbonyl (C=O) groups is 3. The van der Waals surface area contributed by atoms with Crippen LogP contribution >= 0.6 is 0 Å². The Labute approximate surface area is 138 Å². The highest BCUT2D eigenvalue weighted by atomic mass is 16.2. The van der Waals surface area contributed by atoms with Gasteiger partial charge >= 0.3 is 0 Å². The van der Waals surface area contributed by atoms with Gasteiger partial charge in [0.15, 0.2) is 0 Å². The molecule has 0 spiro atoms. The van der Waals surface area contributed by atoms with Gasteiger partial charge in [-0.2, -0.15) is 0 Å². The maximum atomic E-state index is 12.5. The molecule has 6 heteroatoms. The molecule has 1 aliphatic rings. The molecule has 2 aromatic rings. The largest absolute Gasteiger partial charge is 0.349 e. The van der Waals surface area contributed by atoms with Gasteiger partial charge in [0.2, 0.25) is 0 Å². The SMILES string of the molecule is C=CCNC(=O)c1ccc2c(c1)C(=O)N(Cc1ccncc1)C2=O. The van der Waals surface area contributed by atoms with Crippen molar-refractivity contribution in [1.82, 2.24) is 15.2 Å². The second-order valence-electron chi connectivity index (χ2n) is 5.31. The summed E-state index contributed by atoms with van der Waals surface area (Å²) in [7, 11) is 0. The number of hydrogen-bond acceptors (Lipinski definition) is 4. The predicted octanol–water partition coefficient (Wildman–Crippen LogP) is 1.79. The Morgan fingerprint density at radius 3 is 2.54 bits per heavy atom. The van der Waals surface area contributed by atoms with Crippen molar-refractivity contribution in [3.63, 3.8) is 0 Å². The number of nitrogens with zero attached hydrogens (tertiary/aromatic N) is 2. The second-order valence-corrected chi connectivity index (χ2v) is 5.31. The zero-order valence-electron chi connectivity index (χ0n) is 12.9. The molecule has 0 bridgehead atoms. The molecule has 2 heterocycles. The molecule has 3 amide bonds. The molecule has 3 rings (SSSR count). The van der Waals surface area contributed by atoms with Crippen LogP contribution in [-0.2, 0) is 6.54 Å². The molecule has 0 atom stereocenters. The minimum Gasteiger partial charge on any atom is -0.349 e. The molecule has 0 fully saturated rings. The lowest BCUT2D eigenvalue weighted by Crippen LogP contribution is -2.29. The van der Waals surface area contributed by atoms with Gasteiger partial charge < -0.3 is 5.32 Å². The fourth-order valence-corrected chi connectivity index (χ4v) is 2.51. The van der Waals surface area contributed by atoms with Gasteiger partial charge in [-0.25, -0.2) is 0 Å². The molecule has 0 saturated carbocycles. The van der Waals surface area contributed by atoms with Crippen LogP contribution in [-0.4, -0.2) is 34.2 Å².